The summed E-state index contributed by atoms with van der Waals surface area (Å²) in [7, 11) is 0. The van der Waals surface area contributed by atoms with Gasteiger partial charge < -0.3 is 20.2 Å². The van der Waals surface area contributed by atoms with Crippen LogP contribution in [0, 0.1) is 0 Å². The molecular weight excluding hydrogens is 290 g/mol. The summed E-state index contributed by atoms with van der Waals surface area (Å²) in [5, 5.41) is 16.4. The van der Waals surface area contributed by atoms with Crippen molar-refractivity contribution in [2.75, 3.05) is 13.1 Å². The van der Waals surface area contributed by atoms with Crippen LogP contribution >= 0.6 is 0 Å². The number of rotatable bonds is 7. The molecular formula is C18H25N3O2. The van der Waals surface area contributed by atoms with Gasteiger partial charge in [-0.15, -0.1) is 0 Å². The molecule has 0 fully saturated rings. The lowest BCUT2D eigenvalue weighted by Gasteiger charge is -2.14. The lowest BCUT2D eigenvalue weighted by atomic mass is 10.1. The van der Waals surface area contributed by atoms with Crippen LogP contribution in [0.1, 0.15) is 36.8 Å². The third-order valence-corrected chi connectivity index (χ3v) is 3.59. The van der Waals surface area contributed by atoms with Gasteiger partial charge in [0.1, 0.15) is 11.9 Å². The van der Waals surface area contributed by atoms with E-state index in [-0.39, 0.29) is 0 Å². The second-order valence-corrected chi connectivity index (χ2v) is 5.23. The number of furan rings is 1. The fraction of sp³-hybridized carbons (Fsp3) is 0.389. The van der Waals surface area contributed by atoms with Gasteiger partial charge in [-0.2, -0.15) is 0 Å². The molecule has 5 nitrogen and oxygen atoms in total. The highest BCUT2D eigenvalue weighted by molar-refractivity contribution is 5.79. The van der Waals surface area contributed by atoms with Gasteiger partial charge in [-0.3, -0.25) is 0 Å². The zero-order valence-corrected chi connectivity index (χ0v) is 13.7. The third-order valence-electron chi connectivity index (χ3n) is 3.59. The fourth-order valence-corrected chi connectivity index (χ4v) is 2.34. The number of aliphatic hydroxyl groups excluding tert-OH is 1. The van der Waals surface area contributed by atoms with Crippen molar-refractivity contribution >= 4 is 5.96 Å². The third kappa shape index (κ3) is 5.14. The Bertz CT molecular complexity index is 608. The van der Waals surface area contributed by atoms with Crippen LogP contribution in [0.5, 0.6) is 0 Å². The van der Waals surface area contributed by atoms with Gasteiger partial charge in [0.05, 0.1) is 19.4 Å². The summed E-state index contributed by atoms with van der Waals surface area (Å²) in [5.41, 5.74) is 2.53. The van der Waals surface area contributed by atoms with Crippen molar-refractivity contribution in [2.45, 2.75) is 32.9 Å². The molecule has 0 aliphatic carbocycles. The predicted molar refractivity (Wildman–Crippen MR) is 92.3 cm³/mol. The van der Waals surface area contributed by atoms with Gasteiger partial charge >= 0.3 is 0 Å². The Kier molecular flexibility index (Phi) is 6.69. The molecule has 0 radical (unpaired) electrons. The lowest BCUT2D eigenvalue weighted by molar-refractivity contribution is 0.153. The van der Waals surface area contributed by atoms with E-state index in [0.717, 1.165) is 13.0 Å². The average molecular weight is 315 g/mol. The van der Waals surface area contributed by atoms with Crippen LogP contribution in [-0.4, -0.2) is 24.2 Å². The molecule has 0 saturated heterocycles. The molecule has 23 heavy (non-hydrogen) atoms. The number of hydrogen-bond donors (Lipinski definition) is 3. The molecule has 2 aromatic rings. The van der Waals surface area contributed by atoms with E-state index in [2.05, 4.69) is 40.7 Å². The molecule has 0 aliphatic heterocycles. The summed E-state index contributed by atoms with van der Waals surface area (Å²) >= 11 is 0. The van der Waals surface area contributed by atoms with Crippen molar-refractivity contribution in [2.24, 2.45) is 4.99 Å². The van der Waals surface area contributed by atoms with Gasteiger partial charge in [-0.25, -0.2) is 4.99 Å². The minimum Gasteiger partial charge on any atom is -0.467 e. The smallest absolute Gasteiger partial charge is 0.191 e. The summed E-state index contributed by atoms with van der Waals surface area (Å²) in [4.78, 5) is 4.60. The quantitative estimate of drug-likeness (QED) is 0.543. The van der Waals surface area contributed by atoms with Crippen LogP contribution in [-0.2, 0) is 13.0 Å². The Hall–Kier alpha value is -2.27. The standard InChI is InChI=1S/C18H25N3O2/c1-3-14-8-5-6-9-15(14)12-20-18(19-4-2)21-13-16(22)17-10-7-11-23-17/h5-11,16,22H,3-4,12-13H2,1-2H3,(H2,19,20,21). The summed E-state index contributed by atoms with van der Waals surface area (Å²) in [6.45, 7) is 5.87. The Balaban J connectivity index is 1.97. The van der Waals surface area contributed by atoms with Gasteiger partial charge in [-0.05, 0) is 36.6 Å². The van der Waals surface area contributed by atoms with Gasteiger partial charge in [0, 0.05) is 6.54 Å². The molecule has 1 heterocycles. The maximum atomic E-state index is 10.1. The second-order valence-electron chi connectivity index (χ2n) is 5.23. The van der Waals surface area contributed by atoms with Gasteiger partial charge in [-0.1, -0.05) is 31.2 Å². The van der Waals surface area contributed by atoms with E-state index in [1.165, 1.54) is 11.1 Å². The minimum atomic E-state index is -0.697. The maximum absolute atomic E-state index is 10.1. The highest BCUT2D eigenvalue weighted by atomic mass is 16.4. The van der Waals surface area contributed by atoms with Gasteiger partial charge in [0.15, 0.2) is 5.96 Å². The summed E-state index contributed by atoms with van der Waals surface area (Å²) < 4.78 is 5.20. The van der Waals surface area contributed by atoms with Gasteiger partial charge in [0.25, 0.3) is 0 Å². The van der Waals surface area contributed by atoms with E-state index in [1.807, 2.05) is 13.0 Å². The number of guanidine groups is 1. The first-order valence-electron chi connectivity index (χ1n) is 8.05. The predicted octanol–water partition coefficient (Wildman–Crippen LogP) is 2.63. The SMILES string of the molecule is CCNC(=NCc1ccccc1CC)NCC(O)c1ccco1. The van der Waals surface area contributed by atoms with Crippen LogP contribution in [0.25, 0.3) is 0 Å². The van der Waals surface area contributed by atoms with Crippen LogP contribution < -0.4 is 10.6 Å². The first-order valence-corrected chi connectivity index (χ1v) is 8.05. The van der Waals surface area contributed by atoms with Crippen molar-refractivity contribution < 1.29 is 9.52 Å². The highest BCUT2D eigenvalue weighted by Crippen LogP contribution is 2.12. The normalized spacial score (nSPS) is 12.9. The number of aryl methyl sites for hydroxylation is 1. The number of aliphatic imine (C=N–C) groups is 1. The lowest BCUT2D eigenvalue weighted by Crippen LogP contribution is -2.39. The molecule has 2 rings (SSSR count). The van der Waals surface area contributed by atoms with Crippen LogP contribution in [0.4, 0.5) is 0 Å². The molecule has 0 amide bonds. The summed E-state index contributed by atoms with van der Waals surface area (Å²) in [5.74, 6) is 1.23. The second kappa shape index (κ2) is 9.00. The molecule has 0 bridgehead atoms. The monoisotopic (exact) mass is 315 g/mol. The number of aliphatic hydroxyl groups is 1. The fourth-order valence-electron chi connectivity index (χ4n) is 2.34. The van der Waals surface area contributed by atoms with Crippen LogP contribution in [0.3, 0.4) is 0 Å². The van der Waals surface area contributed by atoms with Crippen LogP contribution in [0.15, 0.2) is 52.1 Å². The Morgan fingerprint density at radius 2 is 1.91 bits per heavy atom. The van der Waals surface area contributed by atoms with E-state index in [9.17, 15) is 5.11 Å². The van der Waals surface area contributed by atoms with Crippen molar-refractivity contribution in [1.82, 2.24) is 10.6 Å². The van der Waals surface area contributed by atoms with E-state index < -0.39 is 6.10 Å². The minimum absolute atomic E-state index is 0.342. The molecule has 0 saturated carbocycles. The topological polar surface area (TPSA) is 69.8 Å². The first-order chi connectivity index (χ1) is 11.2. The van der Waals surface area contributed by atoms with Gasteiger partial charge in [0.2, 0.25) is 0 Å². The molecule has 1 atom stereocenters. The molecule has 1 unspecified atom stereocenters. The molecule has 0 aliphatic rings. The maximum Gasteiger partial charge on any atom is 0.191 e. The van der Waals surface area contributed by atoms with Crippen LogP contribution in [0.2, 0.25) is 0 Å². The first kappa shape index (κ1) is 17.1. The molecule has 1 aromatic carbocycles. The number of nitrogens with zero attached hydrogens (tertiary/aromatic N) is 1. The van der Waals surface area contributed by atoms with E-state index in [4.69, 9.17) is 4.42 Å². The molecule has 5 heteroatoms. The molecule has 1 aromatic heterocycles. The zero-order valence-electron chi connectivity index (χ0n) is 13.7. The number of benzene rings is 1. The van der Waals surface area contributed by atoms with E-state index in [1.54, 1.807) is 18.4 Å². The van der Waals surface area contributed by atoms with Crippen molar-refractivity contribution in [3.63, 3.8) is 0 Å². The zero-order chi connectivity index (χ0) is 16.5. The molecule has 3 N–H and O–H groups in total. The van der Waals surface area contributed by atoms with Crippen molar-refractivity contribution in [3.8, 4) is 0 Å². The largest absolute Gasteiger partial charge is 0.467 e. The summed E-state index contributed by atoms with van der Waals surface area (Å²) in [6, 6.07) is 11.8. The van der Waals surface area contributed by atoms with E-state index >= 15 is 0 Å². The van der Waals surface area contributed by atoms with E-state index in [0.29, 0.717) is 24.8 Å². The summed E-state index contributed by atoms with van der Waals surface area (Å²) in [6.07, 6.45) is 1.85. The number of nitrogens with one attached hydrogen (secondary N) is 2. The highest BCUT2D eigenvalue weighted by Gasteiger charge is 2.10. The average Bonchev–Trinajstić information content (AvgIpc) is 3.12. The van der Waals surface area contributed by atoms with Crippen molar-refractivity contribution in [1.29, 1.82) is 0 Å². The molecule has 0 spiro atoms. The Labute approximate surface area is 137 Å². The number of hydrogen-bond acceptors (Lipinski definition) is 3. The Morgan fingerprint density at radius 1 is 1.13 bits per heavy atom. The molecule has 124 valence electrons. The van der Waals surface area contributed by atoms with Crippen molar-refractivity contribution in [3.05, 3.63) is 59.5 Å². The Morgan fingerprint density at radius 3 is 2.57 bits per heavy atom.